The normalized spacial score (nSPS) is 17.1. The Morgan fingerprint density at radius 2 is 1.88 bits per heavy atom. The summed E-state index contributed by atoms with van der Waals surface area (Å²) in [5.74, 6) is -0.262. The molecular weight excluding hydrogens is 348 g/mol. The zero-order valence-corrected chi connectivity index (χ0v) is 15.6. The van der Waals surface area contributed by atoms with E-state index in [0.717, 1.165) is 16.8 Å². The number of anilines is 1. The smallest absolute Gasteiger partial charge is 0.337 e. The molecule has 26 heavy (non-hydrogen) atoms. The molecule has 3 rings (SSSR count). The Balaban J connectivity index is 2.13. The SMILES string of the molecule is COC(=O)C1=C(C)N(c2cccc(C)c2)C(=S)N[C@@H]1c1ccc(O)cc1. The number of esters is 1. The summed E-state index contributed by atoms with van der Waals surface area (Å²) >= 11 is 5.59. The van der Waals surface area contributed by atoms with Gasteiger partial charge in [-0.15, -0.1) is 0 Å². The highest BCUT2D eigenvalue weighted by molar-refractivity contribution is 7.80. The number of hydrogen-bond acceptors (Lipinski definition) is 4. The molecule has 2 N–H and O–H groups in total. The monoisotopic (exact) mass is 368 g/mol. The molecule has 1 aliphatic rings. The van der Waals surface area contributed by atoms with Gasteiger partial charge in [-0.2, -0.15) is 0 Å². The van der Waals surface area contributed by atoms with Crippen molar-refractivity contribution in [1.82, 2.24) is 5.32 Å². The average molecular weight is 368 g/mol. The molecule has 0 aromatic heterocycles. The summed E-state index contributed by atoms with van der Waals surface area (Å²) in [5.41, 5.74) is 3.98. The van der Waals surface area contributed by atoms with Crippen LogP contribution in [0.25, 0.3) is 0 Å². The quantitative estimate of drug-likeness (QED) is 0.638. The molecule has 2 aromatic rings. The number of phenols is 1. The van der Waals surface area contributed by atoms with E-state index < -0.39 is 12.0 Å². The summed E-state index contributed by atoms with van der Waals surface area (Å²) in [6.07, 6.45) is 0. The Morgan fingerprint density at radius 3 is 2.50 bits per heavy atom. The van der Waals surface area contributed by atoms with Gasteiger partial charge in [0.2, 0.25) is 0 Å². The van der Waals surface area contributed by atoms with Crippen LogP contribution in [-0.4, -0.2) is 23.3 Å². The highest BCUT2D eigenvalue weighted by Crippen LogP contribution is 2.34. The molecule has 1 atom stereocenters. The van der Waals surface area contributed by atoms with Gasteiger partial charge in [0.05, 0.1) is 18.7 Å². The number of carbonyl (C=O) groups excluding carboxylic acids is 1. The molecule has 0 radical (unpaired) electrons. The summed E-state index contributed by atoms with van der Waals surface area (Å²) in [6, 6.07) is 14.1. The van der Waals surface area contributed by atoms with Gasteiger partial charge in [-0.05, 0) is 61.5 Å². The number of aryl methyl sites for hydroxylation is 1. The van der Waals surface area contributed by atoms with Gasteiger partial charge in [0.1, 0.15) is 5.75 Å². The van der Waals surface area contributed by atoms with E-state index in [1.807, 2.05) is 43.0 Å². The largest absolute Gasteiger partial charge is 0.508 e. The minimum absolute atomic E-state index is 0.161. The van der Waals surface area contributed by atoms with Crippen LogP contribution in [-0.2, 0) is 9.53 Å². The fourth-order valence-electron chi connectivity index (χ4n) is 3.11. The molecule has 5 nitrogen and oxygen atoms in total. The van der Waals surface area contributed by atoms with Crippen molar-refractivity contribution in [3.05, 3.63) is 70.9 Å². The standard InChI is InChI=1S/C20H20N2O3S/c1-12-5-4-6-15(11-12)22-13(2)17(19(24)25-3)18(21-20(22)26)14-7-9-16(23)10-8-14/h4-11,18,23H,1-3H3,(H,21,26)/t18-/m1/s1. The number of ether oxygens (including phenoxy) is 1. The Kier molecular flexibility index (Phi) is 4.95. The number of aromatic hydroxyl groups is 1. The van der Waals surface area contributed by atoms with Crippen LogP contribution in [0.5, 0.6) is 5.75 Å². The minimum Gasteiger partial charge on any atom is -0.508 e. The van der Waals surface area contributed by atoms with Gasteiger partial charge in [-0.1, -0.05) is 24.3 Å². The summed E-state index contributed by atoms with van der Waals surface area (Å²) in [5, 5.41) is 13.3. The van der Waals surface area contributed by atoms with Gasteiger partial charge in [-0.3, -0.25) is 4.90 Å². The second-order valence-corrected chi connectivity index (χ2v) is 6.53. The molecule has 0 saturated heterocycles. The molecule has 1 heterocycles. The lowest BCUT2D eigenvalue weighted by atomic mass is 9.94. The number of carbonyl (C=O) groups is 1. The van der Waals surface area contributed by atoms with E-state index in [4.69, 9.17) is 17.0 Å². The number of benzene rings is 2. The zero-order chi connectivity index (χ0) is 18.8. The number of methoxy groups -OCH3 is 1. The third-order valence-corrected chi connectivity index (χ3v) is 4.68. The van der Waals surface area contributed by atoms with Crippen LogP contribution in [0.3, 0.4) is 0 Å². The van der Waals surface area contributed by atoms with Crippen LogP contribution in [0.4, 0.5) is 5.69 Å². The Labute approximate surface area is 157 Å². The predicted molar refractivity (Wildman–Crippen MR) is 105 cm³/mol. The number of rotatable bonds is 3. The molecule has 6 heteroatoms. The molecule has 0 amide bonds. The lowest BCUT2D eigenvalue weighted by Crippen LogP contribution is -2.48. The lowest BCUT2D eigenvalue weighted by Gasteiger charge is -2.37. The van der Waals surface area contributed by atoms with Gasteiger partial charge in [-0.25, -0.2) is 4.79 Å². The van der Waals surface area contributed by atoms with Crippen molar-refractivity contribution >= 4 is 29.0 Å². The van der Waals surface area contributed by atoms with Crippen LogP contribution < -0.4 is 10.2 Å². The van der Waals surface area contributed by atoms with Crippen LogP contribution in [0, 0.1) is 6.92 Å². The Morgan fingerprint density at radius 1 is 1.19 bits per heavy atom. The Hall–Kier alpha value is -2.86. The molecular formula is C20H20N2O3S. The first-order chi connectivity index (χ1) is 12.4. The maximum atomic E-state index is 12.5. The molecule has 134 valence electrons. The molecule has 0 fully saturated rings. The van der Waals surface area contributed by atoms with Crippen molar-refractivity contribution < 1.29 is 14.6 Å². The summed E-state index contributed by atoms with van der Waals surface area (Å²) in [7, 11) is 1.36. The zero-order valence-electron chi connectivity index (χ0n) is 14.8. The van der Waals surface area contributed by atoms with E-state index >= 15 is 0 Å². The Bertz CT molecular complexity index is 890. The summed E-state index contributed by atoms with van der Waals surface area (Å²) in [6.45, 7) is 3.86. The lowest BCUT2D eigenvalue weighted by molar-refractivity contribution is -0.136. The highest BCUT2D eigenvalue weighted by Gasteiger charge is 2.35. The number of phenolic OH excluding ortho intramolecular Hbond substituents is 1. The van der Waals surface area contributed by atoms with E-state index in [0.29, 0.717) is 16.4 Å². The maximum absolute atomic E-state index is 12.5. The molecule has 1 aliphatic heterocycles. The van der Waals surface area contributed by atoms with E-state index in [1.54, 1.807) is 24.3 Å². The number of nitrogens with one attached hydrogen (secondary N) is 1. The molecule has 0 bridgehead atoms. The fourth-order valence-corrected chi connectivity index (χ4v) is 3.47. The maximum Gasteiger partial charge on any atom is 0.337 e. The van der Waals surface area contributed by atoms with Gasteiger partial charge < -0.3 is 15.2 Å². The molecule has 0 spiro atoms. The fraction of sp³-hybridized carbons (Fsp3) is 0.200. The molecule has 2 aromatic carbocycles. The van der Waals surface area contributed by atoms with E-state index in [2.05, 4.69) is 5.32 Å². The van der Waals surface area contributed by atoms with Crippen molar-refractivity contribution in [3.63, 3.8) is 0 Å². The van der Waals surface area contributed by atoms with Crippen molar-refractivity contribution in [2.75, 3.05) is 12.0 Å². The van der Waals surface area contributed by atoms with Gasteiger partial charge in [0, 0.05) is 11.4 Å². The van der Waals surface area contributed by atoms with Crippen molar-refractivity contribution in [2.45, 2.75) is 19.9 Å². The van der Waals surface area contributed by atoms with Crippen LogP contribution in [0.1, 0.15) is 24.1 Å². The van der Waals surface area contributed by atoms with Crippen molar-refractivity contribution in [1.29, 1.82) is 0 Å². The first-order valence-corrected chi connectivity index (χ1v) is 8.58. The average Bonchev–Trinajstić information content (AvgIpc) is 2.61. The summed E-state index contributed by atoms with van der Waals surface area (Å²) < 4.78 is 5.02. The molecule has 0 saturated carbocycles. The van der Waals surface area contributed by atoms with Gasteiger partial charge in [0.15, 0.2) is 5.11 Å². The van der Waals surface area contributed by atoms with Crippen molar-refractivity contribution in [3.8, 4) is 5.75 Å². The van der Waals surface area contributed by atoms with E-state index in [1.165, 1.54) is 7.11 Å². The van der Waals surface area contributed by atoms with E-state index in [-0.39, 0.29) is 5.75 Å². The van der Waals surface area contributed by atoms with Crippen molar-refractivity contribution in [2.24, 2.45) is 0 Å². The first kappa shape index (κ1) is 17.9. The second-order valence-electron chi connectivity index (χ2n) is 6.14. The second kappa shape index (κ2) is 7.17. The highest BCUT2D eigenvalue weighted by atomic mass is 32.1. The number of nitrogens with zero attached hydrogens (tertiary/aromatic N) is 1. The minimum atomic E-state index is -0.448. The number of thiocarbonyl (C=S) groups is 1. The van der Waals surface area contributed by atoms with Crippen LogP contribution in [0.15, 0.2) is 59.8 Å². The van der Waals surface area contributed by atoms with Crippen LogP contribution >= 0.6 is 12.2 Å². The van der Waals surface area contributed by atoms with Gasteiger partial charge >= 0.3 is 5.97 Å². The first-order valence-electron chi connectivity index (χ1n) is 8.17. The van der Waals surface area contributed by atoms with Crippen LogP contribution in [0.2, 0.25) is 0 Å². The number of allylic oxidation sites excluding steroid dienone is 1. The molecule has 0 unspecified atom stereocenters. The molecule has 0 aliphatic carbocycles. The third kappa shape index (κ3) is 3.28. The predicted octanol–water partition coefficient (Wildman–Crippen LogP) is 3.58. The van der Waals surface area contributed by atoms with E-state index in [9.17, 15) is 9.90 Å². The number of hydrogen-bond donors (Lipinski definition) is 2. The third-order valence-electron chi connectivity index (χ3n) is 4.38. The summed E-state index contributed by atoms with van der Waals surface area (Å²) in [4.78, 5) is 14.4. The topological polar surface area (TPSA) is 61.8 Å². The van der Waals surface area contributed by atoms with Gasteiger partial charge in [0.25, 0.3) is 0 Å².